The molecule has 0 spiro atoms. The summed E-state index contributed by atoms with van der Waals surface area (Å²) in [7, 11) is 0. The van der Waals surface area contributed by atoms with Crippen LogP contribution >= 0.6 is 19.8 Å². The number of nitrogens with zero attached hydrogens (tertiary/aromatic N) is 1. The van der Waals surface area contributed by atoms with E-state index < -0.39 is 25.6 Å². The Labute approximate surface area is 122 Å². The Morgan fingerprint density at radius 2 is 2.10 bits per heavy atom. The van der Waals surface area contributed by atoms with Crippen LogP contribution in [0.25, 0.3) is 9.66 Å². The average molecular weight is 383 g/mol. The number of phenols is 1. The molecule has 2 heterocycles. The van der Waals surface area contributed by atoms with E-state index >= 15 is 0 Å². The molecule has 0 bridgehead atoms. The van der Waals surface area contributed by atoms with Crippen molar-refractivity contribution in [1.82, 2.24) is 4.98 Å². The molecule has 1 aromatic heterocycles. The first-order valence-corrected chi connectivity index (χ1v) is 10.2. The second-order valence-electron chi connectivity index (χ2n) is 4.34. The molecule has 1 aliphatic heterocycles. The Morgan fingerprint density at radius 3 is 2.85 bits per heavy atom. The van der Waals surface area contributed by atoms with Gasteiger partial charge in [0, 0.05) is 0 Å². The SMILES string of the molecule is CI1C(=O)c2cccnc2C=C1c1ccc(O)c(F)c1. The van der Waals surface area contributed by atoms with Crippen molar-refractivity contribution in [3.05, 3.63) is 59.2 Å². The predicted molar refractivity (Wildman–Crippen MR) is 84.4 cm³/mol. The Bertz CT molecular complexity index is 742. The van der Waals surface area contributed by atoms with Gasteiger partial charge < -0.3 is 0 Å². The number of rotatable bonds is 1. The van der Waals surface area contributed by atoms with E-state index in [2.05, 4.69) is 4.98 Å². The molecule has 5 heteroatoms. The molecule has 2 aromatic rings. The van der Waals surface area contributed by atoms with Crippen molar-refractivity contribution in [2.75, 3.05) is 4.93 Å². The third-order valence-electron chi connectivity index (χ3n) is 3.10. The predicted octanol–water partition coefficient (Wildman–Crippen LogP) is 3.71. The molecule has 20 heavy (non-hydrogen) atoms. The number of hydrogen-bond donors (Lipinski definition) is 1. The first-order chi connectivity index (χ1) is 9.58. The van der Waals surface area contributed by atoms with E-state index in [1.54, 1.807) is 24.4 Å². The van der Waals surface area contributed by atoms with Gasteiger partial charge in [-0.3, -0.25) is 0 Å². The number of phenolic OH excluding ortho intramolecular Hbond substituents is 1. The normalized spacial score (nSPS) is 15.8. The molecule has 1 N–H and O–H groups in total. The second kappa shape index (κ2) is 4.97. The summed E-state index contributed by atoms with van der Waals surface area (Å²) in [5, 5.41) is 9.26. The van der Waals surface area contributed by atoms with E-state index in [-0.39, 0.29) is 9.54 Å². The fourth-order valence-electron chi connectivity index (χ4n) is 2.05. The number of aromatic nitrogens is 1. The van der Waals surface area contributed by atoms with Crippen molar-refractivity contribution in [3.63, 3.8) is 0 Å². The maximum atomic E-state index is 13.5. The van der Waals surface area contributed by atoms with Gasteiger partial charge in [-0.2, -0.15) is 0 Å². The Morgan fingerprint density at radius 1 is 1.30 bits per heavy atom. The van der Waals surface area contributed by atoms with Gasteiger partial charge in [0.05, 0.1) is 0 Å². The van der Waals surface area contributed by atoms with Gasteiger partial charge in [0.2, 0.25) is 0 Å². The van der Waals surface area contributed by atoms with Crippen molar-refractivity contribution in [3.8, 4) is 5.75 Å². The number of alkyl halides is 1. The third-order valence-corrected chi connectivity index (χ3v) is 7.83. The van der Waals surface area contributed by atoms with Crippen LogP contribution in [-0.2, 0) is 0 Å². The molecule has 3 rings (SSSR count). The molecular weight excluding hydrogens is 372 g/mol. The van der Waals surface area contributed by atoms with Crippen LogP contribution in [-0.4, -0.2) is 18.8 Å². The van der Waals surface area contributed by atoms with Crippen LogP contribution in [0, 0.1) is 5.82 Å². The molecule has 1 aromatic carbocycles. The minimum atomic E-state index is -2.06. The zero-order valence-electron chi connectivity index (χ0n) is 10.6. The summed E-state index contributed by atoms with van der Waals surface area (Å²) in [4.78, 5) is 18.5. The van der Waals surface area contributed by atoms with Crippen molar-refractivity contribution in [1.29, 1.82) is 0 Å². The van der Waals surface area contributed by atoms with Gasteiger partial charge in [-0.1, -0.05) is 0 Å². The molecule has 0 unspecified atom stereocenters. The van der Waals surface area contributed by atoms with Crippen LogP contribution in [0.3, 0.4) is 0 Å². The number of fused-ring (bicyclic) bond motifs is 1. The van der Waals surface area contributed by atoms with Gasteiger partial charge >= 0.3 is 122 Å². The first kappa shape index (κ1) is 13.2. The Balaban J connectivity index is 2.16. The van der Waals surface area contributed by atoms with Crippen LogP contribution in [0.2, 0.25) is 0 Å². The zero-order chi connectivity index (χ0) is 14.3. The van der Waals surface area contributed by atoms with Gasteiger partial charge in [0.25, 0.3) is 0 Å². The number of hydrogen-bond acceptors (Lipinski definition) is 3. The molecule has 0 radical (unpaired) electrons. The molecule has 0 saturated carbocycles. The number of benzene rings is 1. The van der Waals surface area contributed by atoms with Crippen LogP contribution in [0.4, 0.5) is 4.39 Å². The second-order valence-corrected chi connectivity index (χ2v) is 9.18. The van der Waals surface area contributed by atoms with Gasteiger partial charge in [-0.15, -0.1) is 0 Å². The van der Waals surface area contributed by atoms with Crippen LogP contribution in [0.5, 0.6) is 5.75 Å². The van der Waals surface area contributed by atoms with E-state index in [0.29, 0.717) is 16.8 Å². The van der Waals surface area contributed by atoms with Crippen LogP contribution in [0.15, 0.2) is 36.5 Å². The molecule has 1 aliphatic rings. The summed E-state index contributed by atoms with van der Waals surface area (Å²) >= 11 is -2.06. The quantitative estimate of drug-likeness (QED) is 0.464. The number of carbonyl (C=O) groups is 1. The van der Waals surface area contributed by atoms with Gasteiger partial charge in [0.1, 0.15) is 0 Å². The molecule has 0 aliphatic carbocycles. The Hall–Kier alpha value is -1.76. The van der Waals surface area contributed by atoms with Gasteiger partial charge in [0.15, 0.2) is 0 Å². The fourth-order valence-corrected chi connectivity index (χ4v) is 5.94. The average Bonchev–Trinajstić information content (AvgIpc) is 2.46. The maximum absolute atomic E-state index is 13.5. The fraction of sp³-hybridized carbons (Fsp3) is 0.0667. The molecule has 0 saturated heterocycles. The zero-order valence-corrected chi connectivity index (χ0v) is 12.8. The van der Waals surface area contributed by atoms with Crippen LogP contribution < -0.4 is 0 Å². The summed E-state index contributed by atoms with van der Waals surface area (Å²) in [5.41, 5.74) is 1.94. The van der Waals surface area contributed by atoms with Crippen molar-refractivity contribution < 1.29 is 14.3 Å². The van der Waals surface area contributed by atoms with E-state index in [1.807, 2.05) is 11.0 Å². The van der Waals surface area contributed by atoms with Crippen molar-refractivity contribution >= 4 is 33.3 Å². The van der Waals surface area contributed by atoms with Crippen LogP contribution in [0.1, 0.15) is 21.6 Å². The van der Waals surface area contributed by atoms with E-state index in [9.17, 15) is 14.3 Å². The summed E-state index contributed by atoms with van der Waals surface area (Å²) in [5.74, 6) is -1.06. The summed E-state index contributed by atoms with van der Waals surface area (Å²) in [6, 6.07) is 7.76. The van der Waals surface area contributed by atoms with Crippen molar-refractivity contribution in [2.24, 2.45) is 0 Å². The number of aromatic hydroxyl groups is 1. The number of pyridine rings is 1. The topological polar surface area (TPSA) is 50.2 Å². The Kier molecular flexibility index (Phi) is 3.29. The molecule has 0 atom stereocenters. The molecule has 0 amide bonds. The summed E-state index contributed by atoms with van der Waals surface area (Å²) in [6.45, 7) is 0. The molecule has 102 valence electrons. The van der Waals surface area contributed by atoms with Crippen molar-refractivity contribution in [2.45, 2.75) is 0 Å². The standard InChI is InChI=1S/C15H11FINO2/c1-17-12(9-4-5-14(19)11(16)7-9)8-13-10(15(17)20)3-2-6-18-13/h2-8,19H,1H3. The third kappa shape index (κ3) is 2.11. The number of halogens is 2. The summed E-state index contributed by atoms with van der Waals surface area (Å²) < 4.78 is 14.5. The monoisotopic (exact) mass is 383 g/mol. The summed E-state index contributed by atoms with van der Waals surface area (Å²) in [6.07, 6.45) is 3.50. The van der Waals surface area contributed by atoms with E-state index in [0.717, 1.165) is 3.58 Å². The molecule has 3 nitrogen and oxygen atoms in total. The first-order valence-electron chi connectivity index (χ1n) is 5.88. The molecular formula is C15H11FINO2. The van der Waals surface area contributed by atoms with Gasteiger partial charge in [-0.05, 0) is 0 Å². The van der Waals surface area contributed by atoms with E-state index in [4.69, 9.17) is 0 Å². The minimum absolute atomic E-state index is 0.128. The number of carbonyl (C=O) groups excluding carboxylic acids is 1. The van der Waals surface area contributed by atoms with E-state index in [1.165, 1.54) is 12.1 Å². The molecule has 0 fully saturated rings. The van der Waals surface area contributed by atoms with Gasteiger partial charge in [-0.25, -0.2) is 0 Å².